The SMILES string of the molecule is O=C(c1ccc(CN(CC2CC2)C(=O)c2ncc(Oc3ccccc3F)cn2)cc1)C(O)c1ccccc1. The molecule has 1 aromatic heterocycles. The van der Waals surface area contributed by atoms with Gasteiger partial charge >= 0.3 is 0 Å². The Morgan fingerprint density at radius 2 is 1.61 bits per heavy atom. The van der Waals surface area contributed by atoms with Gasteiger partial charge in [0.2, 0.25) is 5.82 Å². The van der Waals surface area contributed by atoms with Gasteiger partial charge in [0, 0.05) is 18.7 Å². The molecule has 4 aromatic rings. The average Bonchev–Trinajstić information content (AvgIpc) is 3.78. The molecule has 0 aliphatic heterocycles. The van der Waals surface area contributed by atoms with Crippen LogP contribution in [0, 0.1) is 11.7 Å². The van der Waals surface area contributed by atoms with Crippen LogP contribution in [-0.2, 0) is 6.54 Å². The van der Waals surface area contributed by atoms with Crippen LogP contribution in [0.2, 0.25) is 0 Å². The first-order valence-corrected chi connectivity index (χ1v) is 12.4. The lowest BCUT2D eigenvalue weighted by Gasteiger charge is -2.22. The van der Waals surface area contributed by atoms with Crippen molar-refractivity contribution in [1.82, 2.24) is 14.9 Å². The van der Waals surface area contributed by atoms with Crippen LogP contribution in [0.3, 0.4) is 0 Å². The van der Waals surface area contributed by atoms with Gasteiger partial charge in [0.05, 0.1) is 12.4 Å². The Morgan fingerprint density at radius 3 is 2.26 bits per heavy atom. The number of hydrogen-bond acceptors (Lipinski definition) is 6. The third-order valence-corrected chi connectivity index (χ3v) is 6.32. The number of nitrogens with zero attached hydrogens (tertiary/aromatic N) is 3. The van der Waals surface area contributed by atoms with Crippen LogP contribution in [0.15, 0.2) is 91.3 Å². The second-order valence-electron chi connectivity index (χ2n) is 9.28. The second-order valence-corrected chi connectivity index (χ2v) is 9.28. The number of aliphatic hydroxyl groups excluding tert-OH is 1. The van der Waals surface area contributed by atoms with Gasteiger partial charge in [-0.2, -0.15) is 0 Å². The van der Waals surface area contributed by atoms with Gasteiger partial charge in [-0.3, -0.25) is 9.59 Å². The Labute approximate surface area is 219 Å². The molecular weight excluding hydrogens is 485 g/mol. The van der Waals surface area contributed by atoms with E-state index in [0.29, 0.717) is 30.1 Å². The number of rotatable bonds is 10. The number of carbonyl (C=O) groups is 2. The van der Waals surface area contributed by atoms with E-state index in [-0.39, 0.29) is 29.0 Å². The molecule has 3 aromatic carbocycles. The van der Waals surface area contributed by atoms with Crippen LogP contribution in [-0.4, -0.2) is 38.2 Å². The maximum atomic E-state index is 13.9. The fourth-order valence-corrected chi connectivity index (χ4v) is 4.05. The van der Waals surface area contributed by atoms with E-state index >= 15 is 0 Å². The van der Waals surface area contributed by atoms with E-state index in [1.807, 2.05) is 6.07 Å². The van der Waals surface area contributed by atoms with Gasteiger partial charge in [0.15, 0.2) is 23.1 Å². The van der Waals surface area contributed by atoms with Gasteiger partial charge in [-0.25, -0.2) is 14.4 Å². The summed E-state index contributed by atoms with van der Waals surface area (Å²) in [4.78, 5) is 36.0. The van der Waals surface area contributed by atoms with Crippen LogP contribution < -0.4 is 4.74 Å². The molecule has 7 nitrogen and oxygen atoms in total. The summed E-state index contributed by atoms with van der Waals surface area (Å²) < 4.78 is 19.3. The lowest BCUT2D eigenvalue weighted by Crippen LogP contribution is -2.33. The molecule has 1 amide bonds. The molecule has 1 heterocycles. The number of carbonyl (C=O) groups excluding carboxylic acids is 2. The van der Waals surface area contributed by atoms with Crippen molar-refractivity contribution in [3.8, 4) is 11.5 Å². The summed E-state index contributed by atoms with van der Waals surface area (Å²) in [5.74, 6) is -0.504. The summed E-state index contributed by atoms with van der Waals surface area (Å²) in [6.07, 6.45) is 3.58. The summed E-state index contributed by atoms with van der Waals surface area (Å²) in [5, 5.41) is 10.4. The molecule has 1 fully saturated rings. The lowest BCUT2D eigenvalue weighted by atomic mass is 9.99. The zero-order chi connectivity index (χ0) is 26.5. The highest BCUT2D eigenvalue weighted by atomic mass is 19.1. The number of amides is 1. The fourth-order valence-electron chi connectivity index (χ4n) is 4.05. The number of aromatic nitrogens is 2. The topological polar surface area (TPSA) is 92.6 Å². The van der Waals surface area contributed by atoms with Crippen molar-refractivity contribution in [2.45, 2.75) is 25.5 Å². The Hall–Kier alpha value is -4.43. The highest BCUT2D eigenvalue weighted by Gasteiger charge is 2.29. The molecule has 1 saturated carbocycles. The molecule has 0 spiro atoms. The molecule has 0 radical (unpaired) electrons. The normalized spacial score (nSPS) is 13.5. The maximum absolute atomic E-state index is 13.9. The minimum absolute atomic E-state index is 0.0179. The summed E-state index contributed by atoms with van der Waals surface area (Å²) in [7, 11) is 0. The van der Waals surface area contributed by atoms with Crippen molar-refractivity contribution in [3.63, 3.8) is 0 Å². The average molecular weight is 512 g/mol. The zero-order valence-electron chi connectivity index (χ0n) is 20.5. The van der Waals surface area contributed by atoms with Crippen LogP contribution >= 0.6 is 0 Å². The van der Waals surface area contributed by atoms with E-state index in [9.17, 15) is 19.1 Å². The molecule has 38 heavy (non-hydrogen) atoms. The van der Waals surface area contributed by atoms with Crippen molar-refractivity contribution < 1.29 is 23.8 Å². The molecule has 1 unspecified atom stereocenters. The highest BCUT2D eigenvalue weighted by molar-refractivity contribution is 5.99. The zero-order valence-corrected chi connectivity index (χ0v) is 20.5. The van der Waals surface area contributed by atoms with Crippen LogP contribution in [0.25, 0.3) is 0 Å². The lowest BCUT2D eigenvalue weighted by molar-refractivity contribution is 0.0720. The molecule has 1 aliphatic carbocycles. The standard InChI is InChI=1S/C30H26FN3O4/c31-25-8-4-5-9-26(25)38-24-16-32-29(33-17-24)30(37)34(18-20-10-11-20)19-21-12-14-23(15-13-21)28(36)27(35)22-6-2-1-3-7-22/h1-9,12-17,20,27,35H,10-11,18-19H2. The largest absolute Gasteiger partial charge is 0.451 e. The van der Waals surface area contributed by atoms with Gasteiger partial charge in [0.25, 0.3) is 5.91 Å². The van der Waals surface area contributed by atoms with Gasteiger partial charge in [-0.1, -0.05) is 66.7 Å². The minimum Gasteiger partial charge on any atom is -0.451 e. The summed E-state index contributed by atoms with van der Waals surface area (Å²) in [5.41, 5.74) is 1.76. The van der Waals surface area contributed by atoms with E-state index in [1.54, 1.807) is 65.6 Å². The molecule has 5 rings (SSSR count). The van der Waals surface area contributed by atoms with Crippen LogP contribution in [0.1, 0.15) is 51.0 Å². The Balaban J connectivity index is 1.26. The molecule has 192 valence electrons. The number of para-hydroxylation sites is 1. The molecule has 1 N–H and O–H groups in total. The van der Waals surface area contributed by atoms with Crippen molar-refractivity contribution >= 4 is 11.7 Å². The monoisotopic (exact) mass is 511 g/mol. The fraction of sp³-hybridized carbons (Fsp3) is 0.200. The van der Waals surface area contributed by atoms with E-state index in [2.05, 4.69) is 9.97 Å². The van der Waals surface area contributed by atoms with Gasteiger partial charge in [-0.15, -0.1) is 0 Å². The first kappa shape index (κ1) is 25.2. The summed E-state index contributed by atoms with van der Waals surface area (Å²) in [6, 6.07) is 21.7. The van der Waals surface area contributed by atoms with Gasteiger partial charge in [0.1, 0.15) is 6.10 Å². The Bertz CT molecular complexity index is 1410. The first-order valence-electron chi connectivity index (χ1n) is 12.4. The van der Waals surface area contributed by atoms with Crippen molar-refractivity contribution in [2.24, 2.45) is 5.92 Å². The van der Waals surface area contributed by atoms with E-state index in [4.69, 9.17) is 4.74 Å². The van der Waals surface area contributed by atoms with E-state index in [1.165, 1.54) is 24.5 Å². The summed E-state index contributed by atoms with van der Waals surface area (Å²) >= 11 is 0. The van der Waals surface area contributed by atoms with Gasteiger partial charge in [-0.05, 0) is 42.0 Å². The number of hydrogen-bond donors (Lipinski definition) is 1. The van der Waals surface area contributed by atoms with Crippen molar-refractivity contribution in [1.29, 1.82) is 0 Å². The number of halogens is 1. The Morgan fingerprint density at radius 1 is 0.947 bits per heavy atom. The molecule has 1 atom stereocenters. The molecule has 1 aliphatic rings. The quantitative estimate of drug-likeness (QED) is 0.288. The first-order chi connectivity index (χ1) is 18.5. The van der Waals surface area contributed by atoms with E-state index in [0.717, 1.165) is 18.4 Å². The maximum Gasteiger partial charge on any atom is 0.291 e. The summed E-state index contributed by atoms with van der Waals surface area (Å²) in [6.45, 7) is 0.894. The molecule has 0 saturated heterocycles. The number of ether oxygens (including phenoxy) is 1. The molecule has 0 bridgehead atoms. The number of Topliss-reactive ketones (excluding diaryl/α,β-unsaturated/α-hetero) is 1. The molecule has 8 heteroatoms. The smallest absolute Gasteiger partial charge is 0.291 e. The highest BCUT2D eigenvalue weighted by Crippen LogP contribution is 2.31. The predicted molar refractivity (Wildman–Crippen MR) is 138 cm³/mol. The van der Waals surface area contributed by atoms with E-state index < -0.39 is 11.9 Å². The third kappa shape index (κ3) is 6.10. The van der Waals surface area contributed by atoms with Crippen molar-refractivity contribution in [2.75, 3.05) is 6.54 Å². The predicted octanol–water partition coefficient (Wildman–Crippen LogP) is 5.38. The number of benzene rings is 3. The van der Waals surface area contributed by atoms with Crippen molar-refractivity contribution in [3.05, 3.63) is 120 Å². The van der Waals surface area contributed by atoms with Crippen LogP contribution in [0.5, 0.6) is 11.5 Å². The minimum atomic E-state index is -1.24. The van der Waals surface area contributed by atoms with Crippen LogP contribution in [0.4, 0.5) is 4.39 Å². The third-order valence-electron chi connectivity index (χ3n) is 6.32. The second kappa shape index (κ2) is 11.3. The number of ketones is 1. The Kier molecular flexibility index (Phi) is 7.51. The molecular formula is C30H26FN3O4. The van der Waals surface area contributed by atoms with Gasteiger partial charge < -0.3 is 14.7 Å². The number of aliphatic hydroxyl groups is 1.